The molecule has 0 amide bonds. The molecule has 110 valence electrons. The van der Waals surface area contributed by atoms with Crippen LogP contribution in [0.5, 0.6) is 5.75 Å². The second kappa shape index (κ2) is 5.97. The number of fused-ring (bicyclic) bond motifs is 1. The predicted octanol–water partition coefficient (Wildman–Crippen LogP) is 3.16. The summed E-state index contributed by atoms with van der Waals surface area (Å²) in [5.74, 6) is 2.41. The molecule has 0 saturated heterocycles. The fourth-order valence-corrected chi connectivity index (χ4v) is 2.86. The predicted molar refractivity (Wildman–Crippen MR) is 81.4 cm³/mol. The molecule has 0 saturated carbocycles. The first kappa shape index (κ1) is 14.3. The summed E-state index contributed by atoms with van der Waals surface area (Å²) in [4.78, 5) is 11.6. The Morgan fingerprint density at radius 1 is 1.38 bits per heavy atom. The summed E-state index contributed by atoms with van der Waals surface area (Å²) in [6.45, 7) is 2.80. The highest BCUT2D eigenvalue weighted by Gasteiger charge is 2.17. The monoisotopic (exact) mass is 349 g/mol. The van der Waals surface area contributed by atoms with Gasteiger partial charge in [-0.1, -0.05) is 15.9 Å². The van der Waals surface area contributed by atoms with Crippen LogP contribution in [0.3, 0.4) is 0 Å². The quantitative estimate of drug-likeness (QED) is 0.795. The average molecular weight is 350 g/mol. The van der Waals surface area contributed by atoms with Crippen molar-refractivity contribution >= 4 is 21.7 Å². The highest BCUT2D eigenvalue weighted by atomic mass is 79.9. The number of carbonyl (C=O) groups excluding carboxylic acids is 1. The van der Waals surface area contributed by atoms with Gasteiger partial charge in [0, 0.05) is 17.4 Å². The number of aromatic nitrogens is 3. The SMILES string of the molecule is CC(=O)c1ccc(Br)cc1OCc1nnc2n1CCCC2. The summed E-state index contributed by atoms with van der Waals surface area (Å²) in [6.07, 6.45) is 3.29. The Balaban J connectivity index is 1.80. The third kappa shape index (κ3) is 3.00. The van der Waals surface area contributed by atoms with Gasteiger partial charge in [0.15, 0.2) is 11.6 Å². The minimum atomic E-state index is -0.0132. The Labute approximate surface area is 131 Å². The van der Waals surface area contributed by atoms with Gasteiger partial charge in [-0.25, -0.2) is 0 Å². The van der Waals surface area contributed by atoms with Crippen molar-refractivity contribution in [3.63, 3.8) is 0 Å². The molecule has 3 rings (SSSR count). The van der Waals surface area contributed by atoms with Gasteiger partial charge in [-0.3, -0.25) is 4.79 Å². The molecule has 0 radical (unpaired) electrons. The third-order valence-corrected chi connectivity index (χ3v) is 4.11. The summed E-state index contributed by atoms with van der Waals surface area (Å²) in [5, 5.41) is 8.40. The fraction of sp³-hybridized carbons (Fsp3) is 0.400. The molecule has 1 aromatic heterocycles. The number of ether oxygens (including phenoxy) is 1. The number of hydrogen-bond donors (Lipinski definition) is 0. The van der Waals surface area contributed by atoms with Crippen LogP contribution in [0.1, 0.15) is 41.8 Å². The maximum Gasteiger partial charge on any atom is 0.171 e. The van der Waals surface area contributed by atoms with Crippen LogP contribution in [0.2, 0.25) is 0 Å². The Hall–Kier alpha value is -1.69. The first-order valence-electron chi connectivity index (χ1n) is 6.99. The van der Waals surface area contributed by atoms with E-state index in [-0.39, 0.29) is 5.78 Å². The van der Waals surface area contributed by atoms with Gasteiger partial charge < -0.3 is 9.30 Å². The van der Waals surface area contributed by atoms with Crippen LogP contribution < -0.4 is 4.74 Å². The Morgan fingerprint density at radius 2 is 2.24 bits per heavy atom. The smallest absolute Gasteiger partial charge is 0.171 e. The lowest BCUT2D eigenvalue weighted by Crippen LogP contribution is -2.14. The second-order valence-electron chi connectivity index (χ2n) is 5.13. The molecule has 1 aromatic carbocycles. The first-order chi connectivity index (χ1) is 10.1. The largest absolute Gasteiger partial charge is 0.485 e. The van der Waals surface area contributed by atoms with Crippen LogP contribution in [-0.2, 0) is 19.6 Å². The number of Topliss-reactive ketones (excluding diaryl/α,β-unsaturated/α-hetero) is 1. The zero-order valence-electron chi connectivity index (χ0n) is 11.8. The highest BCUT2D eigenvalue weighted by molar-refractivity contribution is 9.10. The van der Waals surface area contributed by atoms with Crippen molar-refractivity contribution in [3.05, 3.63) is 39.9 Å². The lowest BCUT2D eigenvalue weighted by atomic mass is 10.1. The number of hydrogen-bond acceptors (Lipinski definition) is 4. The van der Waals surface area contributed by atoms with Crippen LogP contribution >= 0.6 is 15.9 Å². The number of nitrogens with zero attached hydrogens (tertiary/aromatic N) is 3. The molecular weight excluding hydrogens is 334 g/mol. The molecule has 1 aliphatic rings. The van der Waals surface area contributed by atoms with E-state index in [1.54, 1.807) is 6.07 Å². The van der Waals surface area contributed by atoms with Crippen molar-refractivity contribution in [1.29, 1.82) is 0 Å². The van der Waals surface area contributed by atoms with Gasteiger partial charge in [0.2, 0.25) is 0 Å². The van der Waals surface area contributed by atoms with E-state index in [1.165, 1.54) is 13.3 Å². The number of rotatable bonds is 4. The Morgan fingerprint density at radius 3 is 3.05 bits per heavy atom. The van der Waals surface area contributed by atoms with E-state index < -0.39 is 0 Å². The molecule has 2 heterocycles. The number of halogens is 1. The molecular formula is C15H16BrN3O2. The average Bonchev–Trinajstić information content (AvgIpc) is 2.88. The van der Waals surface area contributed by atoms with Crippen molar-refractivity contribution in [2.45, 2.75) is 39.3 Å². The van der Waals surface area contributed by atoms with Crippen molar-refractivity contribution in [3.8, 4) is 5.75 Å². The van der Waals surface area contributed by atoms with Crippen molar-refractivity contribution in [1.82, 2.24) is 14.8 Å². The molecule has 21 heavy (non-hydrogen) atoms. The molecule has 5 nitrogen and oxygen atoms in total. The van der Waals surface area contributed by atoms with Crippen molar-refractivity contribution in [2.24, 2.45) is 0 Å². The van der Waals surface area contributed by atoms with E-state index in [1.807, 2.05) is 12.1 Å². The lowest BCUT2D eigenvalue weighted by molar-refractivity contribution is 0.101. The number of benzene rings is 1. The molecule has 2 aromatic rings. The fourth-order valence-electron chi connectivity index (χ4n) is 2.52. The molecule has 6 heteroatoms. The lowest BCUT2D eigenvalue weighted by Gasteiger charge is -2.15. The standard InChI is InChI=1S/C15H16BrN3O2/c1-10(20)12-6-5-11(16)8-13(12)21-9-15-18-17-14-4-2-3-7-19(14)15/h5-6,8H,2-4,7,9H2,1H3. The van der Waals surface area contributed by atoms with E-state index in [0.717, 1.165) is 35.5 Å². The molecule has 0 aliphatic carbocycles. The molecule has 1 aliphatic heterocycles. The molecule has 0 spiro atoms. The van der Waals surface area contributed by atoms with Crippen LogP contribution in [0.25, 0.3) is 0 Å². The topological polar surface area (TPSA) is 57.0 Å². The van der Waals surface area contributed by atoms with Crippen molar-refractivity contribution < 1.29 is 9.53 Å². The summed E-state index contributed by atoms with van der Waals surface area (Å²) in [5.41, 5.74) is 0.580. The summed E-state index contributed by atoms with van der Waals surface area (Å²) >= 11 is 3.40. The van der Waals surface area contributed by atoms with Crippen LogP contribution in [0, 0.1) is 0 Å². The minimum absolute atomic E-state index is 0.0132. The Kier molecular flexibility index (Phi) is 4.05. The summed E-state index contributed by atoms with van der Waals surface area (Å²) in [7, 11) is 0. The van der Waals surface area contributed by atoms with E-state index in [4.69, 9.17) is 4.74 Å². The van der Waals surface area contributed by atoms with E-state index in [9.17, 15) is 4.79 Å². The van der Waals surface area contributed by atoms with Gasteiger partial charge in [-0.15, -0.1) is 10.2 Å². The van der Waals surface area contributed by atoms with Gasteiger partial charge in [-0.05, 0) is 38.0 Å². The minimum Gasteiger partial charge on any atom is -0.485 e. The number of carbonyl (C=O) groups is 1. The van der Waals surface area contributed by atoms with Crippen molar-refractivity contribution in [2.75, 3.05) is 0 Å². The third-order valence-electron chi connectivity index (χ3n) is 3.62. The van der Waals surface area contributed by atoms with E-state index in [2.05, 4.69) is 30.7 Å². The molecule has 0 unspecified atom stereocenters. The van der Waals surface area contributed by atoms with Gasteiger partial charge in [-0.2, -0.15) is 0 Å². The van der Waals surface area contributed by atoms with E-state index in [0.29, 0.717) is 17.9 Å². The van der Waals surface area contributed by atoms with Gasteiger partial charge in [0.05, 0.1) is 5.56 Å². The molecule has 0 N–H and O–H groups in total. The number of aryl methyl sites for hydroxylation is 1. The maximum absolute atomic E-state index is 11.6. The maximum atomic E-state index is 11.6. The van der Waals surface area contributed by atoms with Crippen LogP contribution in [-0.4, -0.2) is 20.5 Å². The highest BCUT2D eigenvalue weighted by Crippen LogP contribution is 2.25. The normalized spacial score (nSPS) is 13.8. The van der Waals surface area contributed by atoms with E-state index >= 15 is 0 Å². The first-order valence-corrected chi connectivity index (χ1v) is 7.78. The molecule has 0 atom stereocenters. The van der Waals surface area contributed by atoms with Crippen LogP contribution in [0.15, 0.2) is 22.7 Å². The Bertz CT molecular complexity index is 682. The molecule has 0 fully saturated rings. The second-order valence-corrected chi connectivity index (χ2v) is 6.04. The number of ketones is 1. The zero-order chi connectivity index (χ0) is 14.8. The zero-order valence-corrected chi connectivity index (χ0v) is 13.4. The van der Waals surface area contributed by atoms with Gasteiger partial charge in [0.1, 0.15) is 18.2 Å². The summed E-state index contributed by atoms with van der Waals surface area (Å²) < 4.78 is 8.82. The van der Waals surface area contributed by atoms with Gasteiger partial charge >= 0.3 is 0 Å². The van der Waals surface area contributed by atoms with Crippen LogP contribution in [0.4, 0.5) is 0 Å². The molecule has 0 bridgehead atoms. The summed E-state index contributed by atoms with van der Waals surface area (Å²) in [6, 6.07) is 5.41. The van der Waals surface area contributed by atoms with Gasteiger partial charge in [0.25, 0.3) is 0 Å².